The van der Waals surface area contributed by atoms with Crippen LogP contribution in [0.2, 0.25) is 5.02 Å². The van der Waals surface area contributed by atoms with Crippen molar-refractivity contribution in [2.75, 3.05) is 13.1 Å². The van der Waals surface area contributed by atoms with Crippen LogP contribution in [0.3, 0.4) is 0 Å². The van der Waals surface area contributed by atoms with Crippen LogP contribution in [0.1, 0.15) is 44.5 Å². The van der Waals surface area contributed by atoms with E-state index < -0.39 is 11.4 Å². The van der Waals surface area contributed by atoms with Crippen molar-refractivity contribution in [1.82, 2.24) is 14.7 Å². The molecule has 0 aliphatic carbocycles. The number of aromatic nitrogens is 2. The molecule has 0 spiro atoms. The summed E-state index contributed by atoms with van der Waals surface area (Å²) in [5.74, 6) is -0.655. The Morgan fingerprint density at radius 1 is 1.38 bits per heavy atom. The lowest BCUT2D eigenvalue weighted by Crippen LogP contribution is -2.44. The summed E-state index contributed by atoms with van der Waals surface area (Å²) in [6.07, 6.45) is 2.11. The van der Waals surface area contributed by atoms with E-state index in [1.807, 2.05) is 18.5 Å². The van der Waals surface area contributed by atoms with E-state index in [1.165, 1.54) is 0 Å². The van der Waals surface area contributed by atoms with E-state index >= 15 is 0 Å². The first-order chi connectivity index (χ1) is 9.93. The summed E-state index contributed by atoms with van der Waals surface area (Å²) in [7, 11) is 0. The van der Waals surface area contributed by atoms with Gasteiger partial charge in [0.25, 0.3) is 0 Å². The second-order valence-corrected chi connectivity index (χ2v) is 6.25. The van der Waals surface area contributed by atoms with Crippen molar-refractivity contribution in [1.29, 1.82) is 0 Å². The van der Waals surface area contributed by atoms with E-state index in [1.54, 1.807) is 0 Å². The molecular formula is C15H24ClN3O2. The highest BCUT2D eigenvalue weighted by molar-refractivity contribution is 6.31. The topological polar surface area (TPSA) is 58.4 Å². The van der Waals surface area contributed by atoms with Crippen molar-refractivity contribution in [2.24, 2.45) is 5.41 Å². The molecule has 5 nitrogen and oxygen atoms in total. The number of carboxylic acids is 1. The molecule has 0 saturated carbocycles. The van der Waals surface area contributed by atoms with Gasteiger partial charge in [-0.25, -0.2) is 0 Å². The third kappa shape index (κ3) is 3.09. The fourth-order valence-electron chi connectivity index (χ4n) is 3.09. The second kappa shape index (κ2) is 6.36. The normalized spacial score (nSPS) is 18.9. The molecule has 0 amide bonds. The number of piperidine rings is 1. The zero-order chi connectivity index (χ0) is 15.6. The van der Waals surface area contributed by atoms with Gasteiger partial charge >= 0.3 is 5.97 Å². The van der Waals surface area contributed by atoms with Crippen LogP contribution in [0.5, 0.6) is 0 Å². The molecule has 118 valence electrons. The Morgan fingerprint density at radius 3 is 2.48 bits per heavy atom. The Hall–Kier alpha value is -1.07. The molecule has 1 N–H and O–H groups in total. The number of hydrogen-bond donors (Lipinski definition) is 1. The Bertz CT molecular complexity index is 519. The zero-order valence-corrected chi connectivity index (χ0v) is 13.8. The van der Waals surface area contributed by atoms with Crippen molar-refractivity contribution < 1.29 is 9.90 Å². The molecule has 2 rings (SSSR count). The van der Waals surface area contributed by atoms with Crippen molar-refractivity contribution in [3.63, 3.8) is 0 Å². The highest BCUT2D eigenvalue weighted by atomic mass is 35.5. The van der Waals surface area contributed by atoms with E-state index in [0.29, 0.717) is 19.3 Å². The predicted molar refractivity (Wildman–Crippen MR) is 82.5 cm³/mol. The van der Waals surface area contributed by atoms with Gasteiger partial charge in [-0.05, 0) is 46.2 Å². The van der Waals surface area contributed by atoms with Crippen LogP contribution in [0.15, 0.2) is 0 Å². The van der Waals surface area contributed by atoms with E-state index in [4.69, 9.17) is 11.6 Å². The van der Waals surface area contributed by atoms with Crippen LogP contribution in [0.4, 0.5) is 0 Å². The number of likely N-dealkylation sites (tertiary alicyclic amines) is 1. The number of carboxylic acid groups (broad SMARTS) is 1. The Kier molecular flexibility index (Phi) is 4.94. The molecule has 1 aliphatic rings. The van der Waals surface area contributed by atoms with Crippen molar-refractivity contribution in [3.05, 3.63) is 16.4 Å². The van der Waals surface area contributed by atoms with Gasteiger partial charge in [-0.2, -0.15) is 5.10 Å². The zero-order valence-electron chi connectivity index (χ0n) is 13.0. The maximum Gasteiger partial charge on any atom is 0.309 e. The van der Waals surface area contributed by atoms with Gasteiger partial charge in [0.2, 0.25) is 0 Å². The largest absolute Gasteiger partial charge is 0.481 e. The summed E-state index contributed by atoms with van der Waals surface area (Å²) in [5, 5.41) is 14.6. The Labute approximate surface area is 130 Å². The molecule has 1 saturated heterocycles. The molecule has 0 bridgehead atoms. The molecule has 0 radical (unpaired) electrons. The number of aliphatic carboxylic acids is 1. The maximum absolute atomic E-state index is 11.5. The highest BCUT2D eigenvalue weighted by Crippen LogP contribution is 2.36. The lowest BCUT2D eigenvalue weighted by molar-refractivity contribution is -0.152. The van der Waals surface area contributed by atoms with Gasteiger partial charge in [-0.3, -0.25) is 14.4 Å². The van der Waals surface area contributed by atoms with Gasteiger partial charge in [-0.1, -0.05) is 18.5 Å². The molecule has 21 heavy (non-hydrogen) atoms. The fourth-order valence-corrected chi connectivity index (χ4v) is 3.28. The third-order valence-corrected chi connectivity index (χ3v) is 5.26. The number of aryl methyl sites for hydroxylation is 2. The van der Waals surface area contributed by atoms with Crippen LogP contribution < -0.4 is 0 Å². The monoisotopic (exact) mass is 313 g/mol. The maximum atomic E-state index is 11.5. The molecule has 2 heterocycles. The predicted octanol–water partition coefficient (Wildman–Crippen LogP) is 2.94. The summed E-state index contributed by atoms with van der Waals surface area (Å²) >= 11 is 6.34. The minimum absolute atomic E-state index is 0.540. The number of carbonyl (C=O) groups is 1. The summed E-state index contributed by atoms with van der Waals surface area (Å²) in [6, 6.07) is 0. The molecule has 0 unspecified atom stereocenters. The van der Waals surface area contributed by atoms with Crippen LogP contribution >= 0.6 is 11.6 Å². The number of nitrogens with zero attached hydrogens (tertiary/aromatic N) is 3. The summed E-state index contributed by atoms with van der Waals surface area (Å²) < 4.78 is 1.94. The number of hydrogen-bond acceptors (Lipinski definition) is 3. The van der Waals surface area contributed by atoms with Crippen LogP contribution in [0.25, 0.3) is 0 Å². The van der Waals surface area contributed by atoms with Gasteiger partial charge in [-0.15, -0.1) is 0 Å². The Balaban J connectivity index is 2.06. The van der Waals surface area contributed by atoms with E-state index in [0.717, 1.165) is 42.6 Å². The Morgan fingerprint density at radius 2 is 2.00 bits per heavy atom. The first-order valence-electron chi connectivity index (χ1n) is 7.61. The second-order valence-electron chi connectivity index (χ2n) is 5.88. The summed E-state index contributed by atoms with van der Waals surface area (Å²) in [5.41, 5.74) is 1.36. The molecule has 0 atom stereocenters. The van der Waals surface area contributed by atoms with E-state index in [9.17, 15) is 9.90 Å². The van der Waals surface area contributed by atoms with Gasteiger partial charge < -0.3 is 5.11 Å². The average molecular weight is 314 g/mol. The average Bonchev–Trinajstić information content (AvgIpc) is 2.75. The minimum Gasteiger partial charge on any atom is -0.481 e. The molecule has 1 aromatic rings. The SMILES string of the molecule is CCn1nc(C)c(Cl)c1CN1CCC(CC)(C(=O)O)CC1. The fraction of sp³-hybridized carbons (Fsp3) is 0.733. The van der Waals surface area contributed by atoms with Gasteiger partial charge in [0.15, 0.2) is 0 Å². The molecule has 6 heteroatoms. The minimum atomic E-state index is -0.655. The number of rotatable bonds is 5. The molecule has 1 aromatic heterocycles. The van der Waals surface area contributed by atoms with Gasteiger partial charge in [0.1, 0.15) is 0 Å². The van der Waals surface area contributed by atoms with Crippen molar-refractivity contribution in [2.45, 2.75) is 53.1 Å². The summed E-state index contributed by atoms with van der Waals surface area (Å²) in [6.45, 7) is 9.07. The molecule has 0 aromatic carbocycles. The highest BCUT2D eigenvalue weighted by Gasteiger charge is 2.39. The van der Waals surface area contributed by atoms with Gasteiger partial charge in [0.05, 0.1) is 21.8 Å². The molecular weight excluding hydrogens is 290 g/mol. The van der Waals surface area contributed by atoms with E-state index in [2.05, 4.69) is 16.9 Å². The lowest BCUT2D eigenvalue weighted by Gasteiger charge is -2.38. The standard InChI is InChI=1S/C15H24ClN3O2/c1-4-15(14(20)21)6-8-18(9-7-15)10-12-13(16)11(3)17-19(12)5-2/h4-10H2,1-3H3,(H,20,21). The number of halogens is 1. The van der Waals surface area contributed by atoms with Crippen molar-refractivity contribution in [3.8, 4) is 0 Å². The molecule has 1 fully saturated rings. The van der Waals surface area contributed by atoms with E-state index in [-0.39, 0.29) is 0 Å². The molecule has 1 aliphatic heterocycles. The van der Waals surface area contributed by atoms with Crippen LogP contribution in [-0.4, -0.2) is 38.8 Å². The van der Waals surface area contributed by atoms with Crippen molar-refractivity contribution >= 4 is 17.6 Å². The van der Waals surface area contributed by atoms with Crippen LogP contribution in [-0.2, 0) is 17.9 Å². The first kappa shape index (κ1) is 16.3. The summed E-state index contributed by atoms with van der Waals surface area (Å²) in [4.78, 5) is 13.8. The first-order valence-corrected chi connectivity index (χ1v) is 7.99. The van der Waals surface area contributed by atoms with Gasteiger partial charge in [0, 0.05) is 13.1 Å². The quantitative estimate of drug-likeness (QED) is 0.908. The lowest BCUT2D eigenvalue weighted by atomic mass is 9.76. The third-order valence-electron chi connectivity index (χ3n) is 4.77. The van der Waals surface area contributed by atoms with Crippen LogP contribution in [0, 0.1) is 12.3 Å². The smallest absolute Gasteiger partial charge is 0.309 e.